The summed E-state index contributed by atoms with van der Waals surface area (Å²) in [4.78, 5) is 0. The van der Waals surface area contributed by atoms with Crippen molar-refractivity contribution in [1.82, 2.24) is 0 Å². The molecule has 0 aliphatic heterocycles. The Morgan fingerprint density at radius 2 is 1.02 bits per heavy atom. The van der Waals surface area contributed by atoms with E-state index in [0.717, 1.165) is 12.8 Å². The van der Waals surface area contributed by atoms with E-state index in [0.29, 0.717) is 28.6 Å². The molecule has 3 atom stereocenters. The average Bonchev–Trinajstić information content (AvgIpc) is 2.93. The van der Waals surface area contributed by atoms with Gasteiger partial charge in [0, 0.05) is 0 Å². The van der Waals surface area contributed by atoms with E-state index >= 15 is 0 Å². The number of rotatable bonds is 16. The fourth-order valence-electron chi connectivity index (χ4n) is 8.41. The van der Waals surface area contributed by atoms with Crippen molar-refractivity contribution in [3.05, 3.63) is 70.8 Å². The van der Waals surface area contributed by atoms with E-state index in [-0.39, 0.29) is 32.4 Å². The minimum atomic E-state index is -0.315. The Bertz CT molecular complexity index is 1370. The molecule has 0 fully saturated rings. The Labute approximate surface area is 308 Å². The lowest BCUT2D eigenvalue weighted by atomic mass is 9.46. The van der Waals surface area contributed by atoms with Gasteiger partial charge in [0.1, 0.15) is 0 Å². The predicted octanol–water partition coefficient (Wildman–Crippen LogP) is 14.8. The molecule has 0 saturated carbocycles. The number of aryl methyl sites for hydroxylation is 2. The molecule has 1 heteroatoms. The molecule has 0 bridgehead atoms. The van der Waals surface area contributed by atoms with Crippen LogP contribution in [0.4, 0.5) is 0 Å². The highest BCUT2D eigenvalue weighted by Gasteiger charge is 2.51. The molecule has 3 rings (SSSR count). The normalized spacial score (nSPS) is 17.3. The Balaban J connectivity index is 1.98. The molecular formula is C48H79B. The number of hydrogen-bond donors (Lipinski definition) is 0. The molecule has 2 radical (unpaired) electrons. The van der Waals surface area contributed by atoms with E-state index in [1.165, 1.54) is 48.8 Å². The quantitative estimate of drug-likeness (QED) is 0.156. The summed E-state index contributed by atoms with van der Waals surface area (Å²) in [5.41, 5.74) is 7.03. The van der Waals surface area contributed by atoms with E-state index in [1.807, 2.05) is 0 Å². The van der Waals surface area contributed by atoms with E-state index in [9.17, 15) is 0 Å². The molecule has 1 aliphatic rings. The molecule has 3 unspecified atom stereocenters. The van der Waals surface area contributed by atoms with Gasteiger partial charge in [-0.2, -0.15) is 0 Å². The number of fused-ring (bicyclic) bond motifs is 1. The van der Waals surface area contributed by atoms with Gasteiger partial charge in [-0.1, -0.05) is 185 Å². The van der Waals surface area contributed by atoms with E-state index in [1.54, 1.807) is 5.56 Å². The fourth-order valence-corrected chi connectivity index (χ4v) is 8.41. The van der Waals surface area contributed by atoms with E-state index in [2.05, 4.69) is 173 Å². The first-order valence-corrected chi connectivity index (χ1v) is 19.9. The van der Waals surface area contributed by atoms with E-state index in [4.69, 9.17) is 7.85 Å². The lowest BCUT2D eigenvalue weighted by molar-refractivity contribution is -0.00669. The maximum atomic E-state index is 7.05. The minimum absolute atomic E-state index is 0.0248. The molecule has 2 aromatic carbocycles. The van der Waals surface area contributed by atoms with Gasteiger partial charge in [0.25, 0.3) is 0 Å². The van der Waals surface area contributed by atoms with Gasteiger partial charge in [0.15, 0.2) is 0 Å². The first kappa shape index (κ1) is 41.9. The highest BCUT2D eigenvalue weighted by atomic mass is 14.6. The highest BCUT2D eigenvalue weighted by molar-refractivity contribution is 6.15. The molecule has 0 N–H and O–H groups in total. The van der Waals surface area contributed by atoms with Crippen molar-refractivity contribution in [2.75, 3.05) is 0 Å². The van der Waals surface area contributed by atoms with Gasteiger partial charge >= 0.3 is 0 Å². The summed E-state index contributed by atoms with van der Waals surface area (Å²) >= 11 is 0. The third-order valence-corrected chi connectivity index (χ3v) is 16.1. The van der Waals surface area contributed by atoms with Gasteiger partial charge in [0.05, 0.1) is 7.85 Å². The summed E-state index contributed by atoms with van der Waals surface area (Å²) < 4.78 is 0. The fraction of sp³-hybridized carbons (Fsp3) is 0.750. The Hall–Kier alpha value is -1.50. The summed E-state index contributed by atoms with van der Waals surface area (Å²) in [6, 6.07) is 18.9. The molecule has 0 heterocycles. The smallest absolute Gasteiger partial charge is 0.0674 e. The van der Waals surface area contributed by atoms with Crippen LogP contribution < -0.4 is 0 Å². The Morgan fingerprint density at radius 1 is 0.531 bits per heavy atom. The zero-order valence-corrected chi connectivity index (χ0v) is 35.9. The first-order chi connectivity index (χ1) is 22.0. The Morgan fingerprint density at radius 3 is 1.49 bits per heavy atom. The second-order valence-electron chi connectivity index (χ2n) is 22.3. The Kier molecular flexibility index (Phi) is 12.1. The third-order valence-electron chi connectivity index (χ3n) is 16.1. The molecule has 49 heavy (non-hydrogen) atoms. The van der Waals surface area contributed by atoms with Gasteiger partial charge in [-0.15, -0.1) is 0 Å². The maximum absolute atomic E-state index is 7.05. The summed E-state index contributed by atoms with van der Waals surface area (Å²) in [6.45, 7) is 44.5. The lowest BCUT2D eigenvalue weighted by Gasteiger charge is -2.55. The topological polar surface area (TPSA) is 0 Å². The second-order valence-corrected chi connectivity index (χ2v) is 22.3. The summed E-state index contributed by atoms with van der Waals surface area (Å²) in [6.07, 6.45) is 8.53. The van der Waals surface area contributed by atoms with Crippen molar-refractivity contribution in [3.8, 4) is 0 Å². The number of hydrogen-bond acceptors (Lipinski definition) is 0. The minimum Gasteiger partial charge on any atom is -0.0674 e. The highest BCUT2D eigenvalue weighted by Crippen LogP contribution is 2.62. The maximum Gasteiger partial charge on any atom is 0.0746 e. The number of benzene rings is 2. The largest absolute Gasteiger partial charge is 0.0746 e. The van der Waals surface area contributed by atoms with Crippen molar-refractivity contribution >= 4 is 7.85 Å². The standard InChI is InChI=1S/C48H79B/c1-34(28-29-42(5,6)41(2,3)4)31-43(7,8)44(9,10)32-39(36-22-20-19-21-23-36)46(13,14)45(11,12)33-40(47(15,16)48(17,18)49)38-27-25-35-24-26-37(35)30-38/h19-23,25,27,30,34,39-40H,24,26,28-29,31-33H2,1-18H3. The summed E-state index contributed by atoms with van der Waals surface area (Å²) in [7, 11) is 7.05. The van der Waals surface area contributed by atoms with Gasteiger partial charge in [-0.25, -0.2) is 0 Å². The van der Waals surface area contributed by atoms with Crippen molar-refractivity contribution < 1.29 is 0 Å². The first-order valence-electron chi connectivity index (χ1n) is 19.9. The van der Waals surface area contributed by atoms with Crippen molar-refractivity contribution in [2.45, 2.75) is 187 Å². The van der Waals surface area contributed by atoms with Gasteiger partial charge in [-0.3, -0.25) is 0 Å². The monoisotopic (exact) mass is 667 g/mol. The molecule has 0 saturated heterocycles. The third kappa shape index (κ3) is 8.94. The van der Waals surface area contributed by atoms with Gasteiger partial charge < -0.3 is 0 Å². The molecule has 0 aromatic heterocycles. The zero-order chi connectivity index (χ0) is 37.6. The van der Waals surface area contributed by atoms with Gasteiger partial charge in [-0.05, 0) is 116 Å². The summed E-state index contributed by atoms with van der Waals surface area (Å²) in [5.74, 6) is 1.47. The van der Waals surface area contributed by atoms with Crippen LogP contribution in [0.3, 0.4) is 0 Å². The SMILES string of the molecule is [B]C(C)(C)C(C)(C)C(CC(C)(C)C(C)(C)C(CC(C)(C)C(C)(C)CC(C)CCC(C)(C)C(C)(C)C)c1ccccc1)c1ccc2c(c1)CC2. The molecule has 2 aromatic rings. The lowest BCUT2D eigenvalue weighted by Crippen LogP contribution is -2.45. The predicted molar refractivity (Wildman–Crippen MR) is 220 cm³/mol. The molecule has 1 aliphatic carbocycles. The average molecular weight is 667 g/mol. The zero-order valence-electron chi connectivity index (χ0n) is 35.9. The molecule has 0 spiro atoms. The molecular weight excluding hydrogens is 587 g/mol. The van der Waals surface area contributed by atoms with Crippen molar-refractivity contribution in [2.24, 2.45) is 43.8 Å². The summed E-state index contributed by atoms with van der Waals surface area (Å²) in [5, 5.41) is -0.315. The van der Waals surface area contributed by atoms with Crippen molar-refractivity contribution in [1.29, 1.82) is 0 Å². The molecule has 274 valence electrons. The van der Waals surface area contributed by atoms with Crippen LogP contribution >= 0.6 is 0 Å². The van der Waals surface area contributed by atoms with Crippen LogP contribution in [0.5, 0.6) is 0 Å². The van der Waals surface area contributed by atoms with Crippen LogP contribution in [0.1, 0.15) is 191 Å². The molecule has 0 amide bonds. The molecule has 0 nitrogen and oxygen atoms in total. The van der Waals surface area contributed by atoms with Gasteiger partial charge in [0.2, 0.25) is 0 Å². The van der Waals surface area contributed by atoms with Crippen LogP contribution in [-0.4, -0.2) is 7.85 Å². The second kappa shape index (κ2) is 14.1. The van der Waals surface area contributed by atoms with Crippen molar-refractivity contribution in [3.63, 3.8) is 0 Å². The van der Waals surface area contributed by atoms with Crippen LogP contribution in [-0.2, 0) is 12.8 Å². The van der Waals surface area contributed by atoms with Crippen LogP contribution in [0.25, 0.3) is 0 Å². The van der Waals surface area contributed by atoms with Crippen LogP contribution in [0.15, 0.2) is 48.5 Å². The van der Waals surface area contributed by atoms with Crippen LogP contribution in [0.2, 0.25) is 5.31 Å². The van der Waals surface area contributed by atoms with E-state index < -0.39 is 0 Å². The van der Waals surface area contributed by atoms with Crippen LogP contribution in [0, 0.1) is 43.8 Å².